The third kappa shape index (κ3) is 5.74. The molecule has 4 heterocycles. The van der Waals surface area contributed by atoms with Gasteiger partial charge in [-0.05, 0) is 57.1 Å². The molecule has 1 aromatic heterocycles. The predicted octanol–water partition coefficient (Wildman–Crippen LogP) is 2.96. The second-order valence-electron chi connectivity index (χ2n) is 11.2. The van der Waals surface area contributed by atoms with Crippen molar-refractivity contribution < 1.29 is 9.53 Å². The molecule has 8 heteroatoms. The number of likely N-dealkylation sites (tertiary alicyclic amines) is 1. The number of aromatic nitrogens is 1. The second-order valence-corrected chi connectivity index (χ2v) is 11.2. The molecule has 5 rings (SSSR count). The first-order chi connectivity index (χ1) is 17.9. The Morgan fingerprint density at radius 2 is 1.86 bits per heavy atom. The molecule has 2 atom stereocenters. The molecule has 0 bridgehead atoms. The summed E-state index contributed by atoms with van der Waals surface area (Å²) in [7, 11) is 0. The molecule has 0 radical (unpaired) electrons. The largest absolute Gasteiger partial charge is 0.370 e. The van der Waals surface area contributed by atoms with E-state index in [1.54, 1.807) is 6.20 Å². The summed E-state index contributed by atoms with van der Waals surface area (Å²) in [4.78, 5) is 26.4. The van der Waals surface area contributed by atoms with Crippen molar-refractivity contribution in [2.24, 2.45) is 5.92 Å². The summed E-state index contributed by atoms with van der Waals surface area (Å²) in [5, 5.41) is 10.5. The first-order valence-electron chi connectivity index (χ1n) is 13.9. The first-order valence-corrected chi connectivity index (χ1v) is 13.9. The van der Waals surface area contributed by atoms with Gasteiger partial charge < -0.3 is 19.4 Å². The lowest BCUT2D eigenvalue weighted by atomic mass is 10.0. The standard InChI is InChI=1S/C29H40N6O2/c1-21(2)29(36)34-15-13-33(14-16-34)24-8-11-32(12-9-24)19-25-20-35(18-22(3)37-25)27-7-6-23(17-30)28-26(27)5-4-10-31-28/h4-7,10,21-22,24-25H,8-9,11-16,18-20H2,1-3H3/t22-,25-/m1/s1. The monoisotopic (exact) mass is 504 g/mol. The molecule has 3 fully saturated rings. The molecule has 3 aliphatic heterocycles. The van der Waals surface area contributed by atoms with Gasteiger partial charge in [0.05, 0.1) is 23.3 Å². The van der Waals surface area contributed by atoms with Gasteiger partial charge in [0.1, 0.15) is 6.07 Å². The number of benzene rings is 1. The van der Waals surface area contributed by atoms with Gasteiger partial charge in [-0.25, -0.2) is 0 Å². The number of fused-ring (bicyclic) bond motifs is 1. The summed E-state index contributed by atoms with van der Waals surface area (Å²) >= 11 is 0. The highest BCUT2D eigenvalue weighted by molar-refractivity contribution is 5.95. The minimum atomic E-state index is 0.0859. The Bertz CT molecular complexity index is 1130. The Morgan fingerprint density at radius 1 is 1.11 bits per heavy atom. The number of carbonyl (C=O) groups is 1. The minimum Gasteiger partial charge on any atom is -0.370 e. The number of morpholine rings is 1. The lowest BCUT2D eigenvalue weighted by Gasteiger charge is -2.44. The van der Waals surface area contributed by atoms with Gasteiger partial charge in [0, 0.05) is 75.0 Å². The van der Waals surface area contributed by atoms with E-state index in [0.29, 0.717) is 11.6 Å². The number of piperidine rings is 1. The van der Waals surface area contributed by atoms with Crippen molar-refractivity contribution in [3.63, 3.8) is 0 Å². The summed E-state index contributed by atoms with van der Waals surface area (Å²) < 4.78 is 6.40. The fourth-order valence-corrected chi connectivity index (χ4v) is 6.29. The molecule has 198 valence electrons. The number of hydrogen-bond donors (Lipinski definition) is 0. The number of nitrogens with zero attached hydrogens (tertiary/aromatic N) is 6. The van der Waals surface area contributed by atoms with Crippen LogP contribution in [0.3, 0.4) is 0 Å². The number of carbonyl (C=O) groups excluding carboxylic acids is 1. The van der Waals surface area contributed by atoms with Gasteiger partial charge in [-0.15, -0.1) is 0 Å². The molecule has 3 saturated heterocycles. The highest BCUT2D eigenvalue weighted by Gasteiger charge is 2.32. The van der Waals surface area contributed by atoms with Gasteiger partial charge in [0.25, 0.3) is 0 Å². The van der Waals surface area contributed by atoms with E-state index in [4.69, 9.17) is 4.74 Å². The van der Waals surface area contributed by atoms with Gasteiger partial charge in [-0.1, -0.05) is 13.8 Å². The maximum Gasteiger partial charge on any atom is 0.225 e. The predicted molar refractivity (Wildman–Crippen MR) is 145 cm³/mol. The van der Waals surface area contributed by atoms with Crippen LogP contribution in [0.4, 0.5) is 5.69 Å². The van der Waals surface area contributed by atoms with Crippen molar-refractivity contribution in [3.8, 4) is 6.07 Å². The molecule has 37 heavy (non-hydrogen) atoms. The fraction of sp³-hybridized carbons (Fsp3) is 0.621. The number of hydrogen-bond acceptors (Lipinski definition) is 7. The van der Waals surface area contributed by atoms with Crippen molar-refractivity contribution in [2.75, 3.05) is 63.8 Å². The Kier molecular flexibility index (Phi) is 7.94. The second kappa shape index (κ2) is 11.3. The highest BCUT2D eigenvalue weighted by atomic mass is 16.5. The van der Waals surface area contributed by atoms with E-state index in [0.717, 1.165) is 75.5 Å². The maximum atomic E-state index is 12.3. The molecule has 0 saturated carbocycles. The molecular weight excluding hydrogens is 464 g/mol. The zero-order valence-corrected chi connectivity index (χ0v) is 22.5. The van der Waals surface area contributed by atoms with Crippen LogP contribution in [0.25, 0.3) is 10.9 Å². The van der Waals surface area contributed by atoms with E-state index in [9.17, 15) is 10.1 Å². The van der Waals surface area contributed by atoms with E-state index in [-0.39, 0.29) is 24.0 Å². The lowest BCUT2D eigenvalue weighted by molar-refractivity contribution is -0.136. The first kappa shape index (κ1) is 25.9. The summed E-state index contributed by atoms with van der Waals surface area (Å²) in [5.74, 6) is 0.373. The van der Waals surface area contributed by atoms with Crippen LogP contribution >= 0.6 is 0 Å². The van der Waals surface area contributed by atoms with Gasteiger partial charge in [0.15, 0.2) is 0 Å². The molecule has 2 aromatic rings. The van der Waals surface area contributed by atoms with E-state index in [1.807, 2.05) is 30.9 Å². The van der Waals surface area contributed by atoms with Crippen LogP contribution in [0.5, 0.6) is 0 Å². The summed E-state index contributed by atoms with van der Waals surface area (Å²) in [6, 6.07) is 10.9. The molecule has 0 N–H and O–H groups in total. The zero-order valence-electron chi connectivity index (χ0n) is 22.5. The number of nitriles is 1. The Hall–Kier alpha value is -2.73. The summed E-state index contributed by atoms with van der Waals surface area (Å²) in [6.07, 6.45) is 4.40. The van der Waals surface area contributed by atoms with Crippen molar-refractivity contribution in [1.82, 2.24) is 19.7 Å². The van der Waals surface area contributed by atoms with Crippen molar-refractivity contribution >= 4 is 22.5 Å². The highest BCUT2D eigenvalue weighted by Crippen LogP contribution is 2.30. The van der Waals surface area contributed by atoms with Gasteiger partial charge >= 0.3 is 0 Å². The molecule has 1 amide bonds. The molecule has 3 aliphatic rings. The zero-order chi connectivity index (χ0) is 25.9. The number of ether oxygens (including phenoxy) is 1. The fourth-order valence-electron chi connectivity index (χ4n) is 6.29. The summed E-state index contributed by atoms with van der Waals surface area (Å²) in [5.41, 5.74) is 2.53. The molecule has 0 spiro atoms. The third-order valence-corrected chi connectivity index (χ3v) is 8.19. The molecule has 8 nitrogen and oxygen atoms in total. The van der Waals surface area contributed by atoms with E-state index in [1.165, 1.54) is 12.8 Å². The maximum absolute atomic E-state index is 12.3. The Balaban J connectivity index is 1.16. The summed E-state index contributed by atoms with van der Waals surface area (Å²) in [6.45, 7) is 14.6. The average Bonchev–Trinajstić information content (AvgIpc) is 2.92. The molecule has 0 unspecified atom stereocenters. The van der Waals surface area contributed by atoms with Gasteiger partial charge in [-0.2, -0.15) is 5.26 Å². The van der Waals surface area contributed by atoms with Gasteiger partial charge in [-0.3, -0.25) is 14.7 Å². The quantitative estimate of drug-likeness (QED) is 0.620. The number of anilines is 1. The van der Waals surface area contributed by atoms with Crippen LogP contribution in [0.2, 0.25) is 0 Å². The number of rotatable bonds is 5. The lowest BCUT2D eigenvalue weighted by Crippen LogP contribution is -2.56. The normalized spacial score (nSPS) is 24.5. The van der Waals surface area contributed by atoms with Crippen molar-refractivity contribution in [2.45, 2.75) is 51.9 Å². The third-order valence-electron chi connectivity index (χ3n) is 8.19. The number of amides is 1. The SMILES string of the molecule is CC(C)C(=O)N1CCN(C2CCN(C[C@@H]3CN(c4ccc(C#N)c5ncccc45)C[C@@H](C)O3)CC2)CC1. The van der Waals surface area contributed by atoms with Crippen LogP contribution < -0.4 is 4.90 Å². The van der Waals surface area contributed by atoms with Crippen LogP contribution in [0.1, 0.15) is 39.2 Å². The minimum absolute atomic E-state index is 0.0859. The van der Waals surface area contributed by atoms with Crippen molar-refractivity contribution in [3.05, 3.63) is 36.0 Å². The number of pyridine rings is 1. The van der Waals surface area contributed by atoms with Crippen LogP contribution in [0, 0.1) is 17.2 Å². The number of piperazine rings is 1. The molecular formula is C29H40N6O2. The van der Waals surface area contributed by atoms with Crippen molar-refractivity contribution in [1.29, 1.82) is 5.26 Å². The van der Waals surface area contributed by atoms with E-state index in [2.05, 4.69) is 44.8 Å². The van der Waals surface area contributed by atoms with Crippen LogP contribution in [0.15, 0.2) is 30.5 Å². The average molecular weight is 505 g/mol. The van der Waals surface area contributed by atoms with Gasteiger partial charge in [0.2, 0.25) is 5.91 Å². The topological polar surface area (TPSA) is 75.9 Å². The molecule has 0 aliphatic carbocycles. The van der Waals surface area contributed by atoms with Crippen LogP contribution in [-0.2, 0) is 9.53 Å². The van der Waals surface area contributed by atoms with E-state index >= 15 is 0 Å². The van der Waals surface area contributed by atoms with E-state index < -0.39 is 0 Å². The molecule has 1 aromatic carbocycles. The Morgan fingerprint density at radius 3 is 2.57 bits per heavy atom. The smallest absolute Gasteiger partial charge is 0.225 e. The Labute approximate surface area is 220 Å². The van der Waals surface area contributed by atoms with Crippen LogP contribution in [-0.4, -0.2) is 103 Å².